The number of likely N-dealkylation sites (tertiary alicyclic amines) is 1. The molecule has 3 heterocycles. The quantitative estimate of drug-likeness (QED) is 0.168. The summed E-state index contributed by atoms with van der Waals surface area (Å²) in [5, 5.41) is 9.94. The van der Waals surface area contributed by atoms with E-state index < -0.39 is 17.9 Å². The first-order valence-corrected chi connectivity index (χ1v) is 12.0. The van der Waals surface area contributed by atoms with Crippen molar-refractivity contribution in [3.05, 3.63) is 95.3 Å². The van der Waals surface area contributed by atoms with Gasteiger partial charge in [0.2, 0.25) is 0 Å². The number of carboxylic acid groups (broad SMARTS) is 1. The average Bonchev–Trinajstić information content (AvgIpc) is 3.46. The summed E-state index contributed by atoms with van der Waals surface area (Å²) >= 11 is 0. The molecule has 0 bridgehead atoms. The minimum atomic E-state index is -0.973. The molecule has 2 aromatic carbocycles. The summed E-state index contributed by atoms with van der Waals surface area (Å²) in [6, 6.07) is 17.0. The largest absolute Gasteiger partial charge is 0.480 e. The first kappa shape index (κ1) is 24.6. The number of hydrazine groups is 1. The number of carboxylic acids is 1. The van der Waals surface area contributed by atoms with E-state index in [0.717, 1.165) is 16.7 Å². The number of nitrogen functional groups attached to an aromatic ring is 1. The Labute approximate surface area is 218 Å². The van der Waals surface area contributed by atoms with E-state index in [-0.39, 0.29) is 5.91 Å². The van der Waals surface area contributed by atoms with Gasteiger partial charge in [0.1, 0.15) is 6.04 Å². The van der Waals surface area contributed by atoms with Crippen LogP contribution >= 0.6 is 0 Å². The molecule has 0 aliphatic carbocycles. The van der Waals surface area contributed by atoms with Crippen molar-refractivity contribution in [1.29, 1.82) is 0 Å². The number of fused-ring (bicyclic) bond motifs is 1. The van der Waals surface area contributed by atoms with Crippen LogP contribution in [-0.2, 0) is 4.79 Å². The second-order valence-corrected chi connectivity index (χ2v) is 8.82. The molecule has 0 radical (unpaired) electrons. The Morgan fingerprint density at radius 1 is 1.00 bits per heavy atom. The van der Waals surface area contributed by atoms with Gasteiger partial charge in [0.05, 0.1) is 16.8 Å². The van der Waals surface area contributed by atoms with E-state index in [9.17, 15) is 19.5 Å². The molecule has 188 valence electrons. The van der Waals surface area contributed by atoms with Crippen molar-refractivity contribution in [2.24, 2.45) is 5.84 Å². The predicted octanol–water partition coefficient (Wildman–Crippen LogP) is 2.99. The number of aliphatic carboxylic acids is 1. The van der Waals surface area contributed by atoms with E-state index in [0.29, 0.717) is 47.1 Å². The first-order valence-electron chi connectivity index (χ1n) is 12.0. The highest BCUT2D eigenvalue weighted by molar-refractivity contribution is 6.06. The third kappa shape index (κ3) is 4.93. The number of nitrogens with zero attached hydrogens (tertiary/aromatic N) is 3. The topological polar surface area (TPSA) is 139 Å². The van der Waals surface area contributed by atoms with Crippen LogP contribution in [0.25, 0.3) is 22.2 Å². The standard InChI is InChI=1S/C29H23N5O4/c30-33-27(35)22-16-25(32-24-13-14-31-17-23(22)24)20-9-5-18(6-10-20)3-4-19-7-11-21(12-8-19)28(36)34-15-1-2-26(34)29(37)38/h5-14,16-17,26H,1-2,15,30H2,(H,33,35)(H,37,38)/t26-/m1/s1. The Hall–Kier alpha value is -5.07. The normalized spacial score (nSPS) is 14.6. The number of pyridine rings is 2. The number of carbonyl (C=O) groups excluding carboxylic acids is 2. The summed E-state index contributed by atoms with van der Waals surface area (Å²) in [6.07, 6.45) is 4.35. The van der Waals surface area contributed by atoms with Crippen molar-refractivity contribution in [2.75, 3.05) is 6.54 Å². The molecule has 4 N–H and O–H groups in total. The van der Waals surface area contributed by atoms with Crippen molar-refractivity contribution in [3.8, 4) is 23.1 Å². The number of hydrogen-bond acceptors (Lipinski definition) is 6. The zero-order valence-electron chi connectivity index (χ0n) is 20.2. The molecule has 0 unspecified atom stereocenters. The molecule has 9 heteroatoms. The maximum Gasteiger partial charge on any atom is 0.326 e. The van der Waals surface area contributed by atoms with E-state index in [1.165, 1.54) is 4.90 Å². The summed E-state index contributed by atoms with van der Waals surface area (Å²) in [5.74, 6) is 9.86. The van der Waals surface area contributed by atoms with Crippen molar-refractivity contribution in [1.82, 2.24) is 20.3 Å². The molecule has 38 heavy (non-hydrogen) atoms. The minimum Gasteiger partial charge on any atom is -0.480 e. The molecule has 1 atom stereocenters. The highest BCUT2D eigenvalue weighted by atomic mass is 16.4. The minimum absolute atomic E-state index is 0.282. The molecule has 0 saturated carbocycles. The summed E-state index contributed by atoms with van der Waals surface area (Å²) in [5.41, 5.74) is 6.55. The van der Waals surface area contributed by atoms with Crippen LogP contribution in [0.2, 0.25) is 0 Å². The fourth-order valence-corrected chi connectivity index (χ4v) is 4.48. The van der Waals surface area contributed by atoms with Gasteiger partial charge < -0.3 is 10.0 Å². The van der Waals surface area contributed by atoms with E-state index in [1.54, 1.807) is 48.8 Å². The lowest BCUT2D eigenvalue weighted by atomic mass is 10.0. The molecular formula is C29H23N5O4. The Morgan fingerprint density at radius 3 is 2.34 bits per heavy atom. The summed E-state index contributed by atoms with van der Waals surface area (Å²) < 4.78 is 0. The number of nitrogens with two attached hydrogens (primary N) is 1. The van der Waals surface area contributed by atoms with E-state index in [2.05, 4.69) is 27.2 Å². The molecule has 1 fully saturated rings. The Balaban J connectivity index is 1.33. The fraction of sp³-hybridized carbons (Fsp3) is 0.138. The lowest BCUT2D eigenvalue weighted by molar-refractivity contribution is -0.141. The number of benzene rings is 2. The van der Waals surface area contributed by atoms with Gasteiger partial charge in [-0.2, -0.15) is 0 Å². The molecule has 0 spiro atoms. The highest BCUT2D eigenvalue weighted by Crippen LogP contribution is 2.25. The fourth-order valence-electron chi connectivity index (χ4n) is 4.48. The molecule has 2 amide bonds. The van der Waals surface area contributed by atoms with Crippen LogP contribution in [0.1, 0.15) is 44.7 Å². The molecule has 5 rings (SSSR count). The predicted molar refractivity (Wildman–Crippen MR) is 141 cm³/mol. The Morgan fingerprint density at radius 2 is 1.68 bits per heavy atom. The molecule has 1 aliphatic heterocycles. The Kier molecular flexibility index (Phi) is 6.80. The van der Waals surface area contributed by atoms with Gasteiger partial charge >= 0.3 is 5.97 Å². The molecule has 9 nitrogen and oxygen atoms in total. The zero-order chi connectivity index (χ0) is 26.6. The van der Waals surface area contributed by atoms with Crippen molar-refractivity contribution in [3.63, 3.8) is 0 Å². The molecule has 1 saturated heterocycles. The second kappa shape index (κ2) is 10.5. The summed E-state index contributed by atoms with van der Waals surface area (Å²) in [6.45, 7) is 0.445. The summed E-state index contributed by atoms with van der Waals surface area (Å²) in [7, 11) is 0. The number of hydrogen-bond donors (Lipinski definition) is 3. The zero-order valence-corrected chi connectivity index (χ0v) is 20.2. The van der Waals surface area contributed by atoms with Gasteiger partial charge in [-0.3, -0.25) is 20.0 Å². The maximum absolute atomic E-state index is 12.7. The van der Waals surface area contributed by atoms with Crippen LogP contribution in [0.15, 0.2) is 73.1 Å². The van der Waals surface area contributed by atoms with Crippen LogP contribution in [0, 0.1) is 11.8 Å². The summed E-state index contributed by atoms with van der Waals surface area (Å²) in [4.78, 5) is 46.6. The van der Waals surface area contributed by atoms with Crippen LogP contribution in [0.5, 0.6) is 0 Å². The number of rotatable bonds is 4. The Bertz CT molecular complexity index is 1600. The highest BCUT2D eigenvalue weighted by Gasteiger charge is 2.34. The van der Waals surface area contributed by atoms with E-state index in [1.807, 2.05) is 24.3 Å². The SMILES string of the molecule is NNC(=O)c1cc(-c2ccc(C#Cc3ccc(C(=O)N4CCC[C@@H]4C(=O)O)cc3)cc2)nc2ccncc12. The third-order valence-corrected chi connectivity index (χ3v) is 6.45. The lowest BCUT2D eigenvalue weighted by Crippen LogP contribution is -2.40. The number of nitrogens with one attached hydrogen (secondary N) is 1. The molecule has 1 aliphatic rings. The second-order valence-electron chi connectivity index (χ2n) is 8.82. The monoisotopic (exact) mass is 505 g/mol. The van der Waals surface area contributed by atoms with Crippen LogP contribution in [0.3, 0.4) is 0 Å². The van der Waals surface area contributed by atoms with Crippen LogP contribution < -0.4 is 11.3 Å². The lowest BCUT2D eigenvalue weighted by Gasteiger charge is -2.21. The van der Waals surface area contributed by atoms with Crippen molar-refractivity contribution < 1.29 is 19.5 Å². The van der Waals surface area contributed by atoms with Crippen LogP contribution in [0.4, 0.5) is 0 Å². The van der Waals surface area contributed by atoms with Gasteiger partial charge in [-0.25, -0.2) is 15.6 Å². The average molecular weight is 506 g/mol. The third-order valence-electron chi connectivity index (χ3n) is 6.45. The van der Waals surface area contributed by atoms with Gasteiger partial charge in [-0.15, -0.1) is 0 Å². The van der Waals surface area contributed by atoms with Gasteiger partial charge in [0.25, 0.3) is 11.8 Å². The first-order chi connectivity index (χ1) is 18.4. The number of carbonyl (C=O) groups is 3. The van der Waals surface area contributed by atoms with E-state index in [4.69, 9.17) is 5.84 Å². The molecule has 4 aromatic rings. The van der Waals surface area contributed by atoms with Crippen LogP contribution in [-0.4, -0.2) is 50.3 Å². The van der Waals surface area contributed by atoms with E-state index >= 15 is 0 Å². The van der Waals surface area contributed by atoms with Gasteiger partial charge in [-0.05, 0) is 61.4 Å². The van der Waals surface area contributed by atoms with Gasteiger partial charge in [0.15, 0.2) is 0 Å². The number of amides is 2. The number of aromatic nitrogens is 2. The molecule has 2 aromatic heterocycles. The van der Waals surface area contributed by atoms with Gasteiger partial charge in [0, 0.05) is 46.6 Å². The smallest absolute Gasteiger partial charge is 0.326 e. The van der Waals surface area contributed by atoms with Crippen molar-refractivity contribution in [2.45, 2.75) is 18.9 Å². The molecular weight excluding hydrogens is 482 g/mol. The van der Waals surface area contributed by atoms with Gasteiger partial charge in [-0.1, -0.05) is 24.0 Å². The maximum atomic E-state index is 12.7. The van der Waals surface area contributed by atoms with Crippen molar-refractivity contribution >= 4 is 28.7 Å².